The quantitative estimate of drug-likeness (QED) is 0.580. The lowest BCUT2D eigenvalue weighted by Crippen LogP contribution is -2.12. The summed E-state index contributed by atoms with van der Waals surface area (Å²) < 4.78 is 4.17. The molecule has 0 fully saturated rings. The van der Waals surface area contributed by atoms with E-state index < -0.39 is 12.1 Å². The number of carbonyl (C=O) groups excluding carboxylic acids is 1. The van der Waals surface area contributed by atoms with E-state index in [1.54, 1.807) is 0 Å². The van der Waals surface area contributed by atoms with Crippen molar-refractivity contribution in [1.29, 1.82) is 0 Å². The van der Waals surface area contributed by atoms with Crippen LogP contribution in [-0.2, 0) is 14.3 Å². The van der Waals surface area contributed by atoms with E-state index in [-0.39, 0.29) is 6.42 Å². The first-order valence-electron chi connectivity index (χ1n) is 2.41. The van der Waals surface area contributed by atoms with Crippen LogP contribution in [0.25, 0.3) is 0 Å². The Balaban J connectivity index is 3.37. The minimum atomic E-state index is -0.988. The topological polar surface area (TPSA) is 63.6 Å². The zero-order chi connectivity index (χ0) is 7.28. The number of hydrogen-bond acceptors (Lipinski definition) is 3. The van der Waals surface area contributed by atoms with Crippen molar-refractivity contribution < 1.29 is 19.4 Å². The van der Waals surface area contributed by atoms with E-state index >= 15 is 0 Å². The summed E-state index contributed by atoms with van der Waals surface area (Å²) in [6.07, 6.45) is -0.755. The van der Waals surface area contributed by atoms with Gasteiger partial charge in [0.1, 0.15) is 6.10 Å². The monoisotopic (exact) mass is 131 g/mol. The largest absolute Gasteiger partial charge is 0.481 e. The first kappa shape index (κ1) is 7.94. The Morgan fingerprint density at radius 2 is 2.44 bits per heavy atom. The van der Waals surface area contributed by atoms with Gasteiger partial charge in [-0.15, -0.1) is 0 Å². The van der Waals surface area contributed by atoms with Gasteiger partial charge < -0.3 is 9.84 Å². The Hall–Kier alpha value is -1.06. The fraction of sp³-hybridized carbons (Fsp3) is 0.600. The molecular formula is C5H7O4. The molecule has 0 bridgehead atoms. The lowest BCUT2D eigenvalue weighted by molar-refractivity contribution is -0.138. The molecule has 0 saturated heterocycles. The van der Waals surface area contributed by atoms with Crippen molar-refractivity contribution in [3.63, 3.8) is 0 Å². The number of rotatable bonds is 4. The molecule has 1 unspecified atom stereocenters. The van der Waals surface area contributed by atoms with Gasteiger partial charge in [-0.25, -0.2) is 4.79 Å². The molecule has 1 atom stereocenters. The Labute approximate surface area is 52.4 Å². The van der Waals surface area contributed by atoms with Crippen molar-refractivity contribution in [2.75, 3.05) is 0 Å². The van der Waals surface area contributed by atoms with E-state index in [2.05, 4.69) is 4.74 Å². The fourth-order valence-electron chi connectivity index (χ4n) is 0.370. The second-order valence-corrected chi connectivity index (χ2v) is 1.61. The molecule has 0 aromatic rings. The van der Waals surface area contributed by atoms with Gasteiger partial charge in [0, 0.05) is 0 Å². The first-order valence-corrected chi connectivity index (χ1v) is 2.41. The highest BCUT2D eigenvalue weighted by Gasteiger charge is 2.06. The van der Waals surface area contributed by atoms with Gasteiger partial charge in [-0.1, -0.05) is 0 Å². The van der Waals surface area contributed by atoms with Crippen LogP contribution < -0.4 is 0 Å². The fourth-order valence-corrected chi connectivity index (χ4v) is 0.370. The van der Waals surface area contributed by atoms with E-state index in [0.29, 0.717) is 0 Å². The standard InChI is InChI=1S/C5H7O4/c1-4(9-3-6)2-5(7)8/h4H,2H2,1H3,(H,7,8). The van der Waals surface area contributed by atoms with Crippen molar-refractivity contribution in [3.8, 4) is 0 Å². The minimum absolute atomic E-state index is 0.171. The molecule has 9 heavy (non-hydrogen) atoms. The second kappa shape index (κ2) is 3.88. The van der Waals surface area contributed by atoms with Gasteiger partial charge in [-0.2, -0.15) is 0 Å². The molecule has 0 aliphatic carbocycles. The Bertz CT molecular complexity index is 110. The summed E-state index contributed by atoms with van der Waals surface area (Å²) in [6.45, 7) is 2.64. The average Bonchev–Trinajstić information content (AvgIpc) is 1.63. The predicted octanol–water partition coefficient (Wildman–Crippen LogP) is -0.0666. The summed E-state index contributed by atoms with van der Waals surface area (Å²) in [5.41, 5.74) is 0. The van der Waals surface area contributed by atoms with Crippen LogP contribution in [0, 0.1) is 0 Å². The lowest BCUT2D eigenvalue weighted by atomic mass is 10.3. The van der Waals surface area contributed by atoms with Gasteiger partial charge in [0.15, 0.2) is 0 Å². The third kappa shape index (κ3) is 4.80. The van der Waals surface area contributed by atoms with Crippen LogP contribution >= 0.6 is 0 Å². The van der Waals surface area contributed by atoms with Crippen LogP contribution in [0.15, 0.2) is 0 Å². The highest BCUT2D eigenvalue weighted by molar-refractivity contribution is 5.67. The zero-order valence-corrected chi connectivity index (χ0v) is 4.96. The van der Waals surface area contributed by atoms with Gasteiger partial charge in [-0.3, -0.25) is 4.79 Å². The molecule has 1 N–H and O–H groups in total. The molecule has 51 valence electrons. The van der Waals surface area contributed by atoms with Crippen molar-refractivity contribution in [3.05, 3.63) is 0 Å². The molecule has 0 heterocycles. The van der Waals surface area contributed by atoms with E-state index in [1.807, 2.05) is 0 Å². The third-order valence-corrected chi connectivity index (χ3v) is 0.711. The molecule has 4 nitrogen and oxygen atoms in total. The average molecular weight is 131 g/mol. The number of carbonyl (C=O) groups is 1. The van der Waals surface area contributed by atoms with Gasteiger partial charge in [-0.05, 0) is 6.92 Å². The molecule has 0 spiro atoms. The van der Waals surface area contributed by atoms with Crippen LogP contribution in [0.2, 0.25) is 0 Å². The summed E-state index contributed by atoms with van der Waals surface area (Å²) >= 11 is 0. The van der Waals surface area contributed by atoms with E-state index in [1.165, 1.54) is 6.92 Å². The summed E-state index contributed by atoms with van der Waals surface area (Å²) in [5, 5.41) is 8.10. The van der Waals surface area contributed by atoms with Crippen LogP contribution in [0.5, 0.6) is 0 Å². The van der Waals surface area contributed by atoms with Crippen LogP contribution in [0.3, 0.4) is 0 Å². The molecule has 0 rings (SSSR count). The van der Waals surface area contributed by atoms with E-state index in [0.717, 1.165) is 6.47 Å². The molecule has 0 saturated carbocycles. The minimum Gasteiger partial charge on any atom is -0.481 e. The summed E-state index contributed by atoms with van der Waals surface area (Å²) in [7, 11) is 0. The van der Waals surface area contributed by atoms with Gasteiger partial charge in [0.2, 0.25) is 0 Å². The van der Waals surface area contributed by atoms with Crippen LogP contribution in [0.4, 0.5) is 0 Å². The van der Waals surface area contributed by atoms with Crippen LogP contribution in [-0.4, -0.2) is 23.7 Å². The number of carboxylic acid groups (broad SMARTS) is 1. The molecule has 4 heteroatoms. The number of ether oxygens (including phenoxy) is 1. The second-order valence-electron chi connectivity index (χ2n) is 1.61. The van der Waals surface area contributed by atoms with E-state index in [4.69, 9.17) is 5.11 Å². The van der Waals surface area contributed by atoms with Crippen molar-refractivity contribution in [2.45, 2.75) is 19.4 Å². The Kier molecular flexibility index (Phi) is 3.43. The zero-order valence-electron chi connectivity index (χ0n) is 4.96. The third-order valence-electron chi connectivity index (χ3n) is 0.711. The number of carboxylic acids is 1. The maximum atomic E-state index is 9.87. The van der Waals surface area contributed by atoms with Crippen molar-refractivity contribution >= 4 is 12.4 Å². The van der Waals surface area contributed by atoms with Gasteiger partial charge in [0.05, 0.1) is 6.42 Å². The SMILES string of the molecule is CC(CC(=O)O)O[C]=O. The predicted molar refractivity (Wildman–Crippen MR) is 28.5 cm³/mol. The Morgan fingerprint density at radius 3 is 2.78 bits per heavy atom. The molecule has 0 aromatic carbocycles. The molecule has 0 aliphatic heterocycles. The number of hydrogen-bond donors (Lipinski definition) is 1. The molecule has 0 amide bonds. The van der Waals surface area contributed by atoms with Crippen molar-refractivity contribution in [2.24, 2.45) is 0 Å². The lowest BCUT2D eigenvalue weighted by Gasteiger charge is -2.02. The highest BCUT2D eigenvalue weighted by Crippen LogP contribution is 1.93. The molecule has 0 aliphatic rings. The smallest absolute Gasteiger partial charge is 0.417 e. The van der Waals surface area contributed by atoms with Crippen LogP contribution in [0.1, 0.15) is 13.3 Å². The summed E-state index contributed by atoms with van der Waals surface area (Å²) in [6, 6.07) is 0. The molecule has 1 radical (unpaired) electrons. The molecule has 0 aromatic heterocycles. The highest BCUT2D eigenvalue weighted by atomic mass is 16.5. The maximum absolute atomic E-state index is 9.87. The Morgan fingerprint density at radius 1 is 1.89 bits per heavy atom. The van der Waals surface area contributed by atoms with E-state index in [9.17, 15) is 9.59 Å². The summed E-state index contributed by atoms with van der Waals surface area (Å²) in [4.78, 5) is 19.3. The number of aliphatic carboxylic acids is 1. The first-order chi connectivity index (χ1) is 4.16. The summed E-state index contributed by atoms with van der Waals surface area (Å²) in [5.74, 6) is -0.988. The maximum Gasteiger partial charge on any atom is 0.417 e. The normalized spacial score (nSPS) is 12.1. The van der Waals surface area contributed by atoms with Gasteiger partial charge >= 0.3 is 12.4 Å². The van der Waals surface area contributed by atoms with Crippen molar-refractivity contribution in [1.82, 2.24) is 0 Å². The molecular weight excluding hydrogens is 124 g/mol. The van der Waals surface area contributed by atoms with Gasteiger partial charge in [0.25, 0.3) is 0 Å².